The molecule has 0 fully saturated rings. The summed E-state index contributed by atoms with van der Waals surface area (Å²) in [7, 11) is 0. The van der Waals surface area contributed by atoms with E-state index in [0.717, 1.165) is 5.56 Å². The summed E-state index contributed by atoms with van der Waals surface area (Å²) < 4.78 is 0. The van der Waals surface area contributed by atoms with Gasteiger partial charge in [0.2, 0.25) is 0 Å². The molecule has 3 aromatic heterocycles. The van der Waals surface area contributed by atoms with Crippen LogP contribution in [0.25, 0.3) is 22.6 Å². The molecule has 3 rings (SSSR count). The van der Waals surface area contributed by atoms with Gasteiger partial charge in [-0.25, -0.2) is 15.0 Å². The van der Waals surface area contributed by atoms with Gasteiger partial charge < -0.3 is 20.1 Å². The molecule has 0 atom stereocenters. The summed E-state index contributed by atoms with van der Waals surface area (Å²) in [5, 5.41) is 18.4. The molecule has 8 nitrogen and oxygen atoms in total. The number of fused-ring (bicyclic) bond motifs is 1. The Morgan fingerprint density at radius 3 is 2.45 bits per heavy atom. The van der Waals surface area contributed by atoms with Crippen LogP contribution in [-0.4, -0.2) is 61.4 Å². The lowest BCUT2D eigenvalue weighted by atomic mass is 10.2. The third-order valence-corrected chi connectivity index (χ3v) is 3.26. The van der Waals surface area contributed by atoms with E-state index in [1.54, 1.807) is 17.3 Å². The van der Waals surface area contributed by atoms with E-state index in [9.17, 15) is 10.2 Å². The number of pyridine rings is 1. The molecule has 3 heterocycles. The zero-order valence-electron chi connectivity index (χ0n) is 11.8. The number of aliphatic hydroxyl groups is 2. The molecule has 0 aliphatic heterocycles. The van der Waals surface area contributed by atoms with Crippen molar-refractivity contribution in [3.05, 3.63) is 30.9 Å². The number of aromatic nitrogens is 5. The first kappa shape index (κ1) is 14.4. The van der Waals surface area contributed by atoms with Crippen LogP contribution >= 0.6 is 0 Å². The maximum Gasteiger partial charge on any atom is 0.163 e. The summed E-state index contributed by atoms with van der Waals surface area (Å²) in [6.07, 6.45) is 4.83. The lowest BCUT2D eigenvalue weighted by Crippen LogP contribution is -2.30. The van der Waals surface area contributed by atoms with E-state index in [4.69, 9.17) is 0 Å². The second-order valence-corrected chi connectivity index (χ2v) is 4.65. The molecule has 0 aliphatic rings. The summed E-state index contributed by atoms with van der Waals surface area (Å²) in [6, 6.07) is 3.70. The summed E-state index contributed by atoms with van der Waals surface area (Å²) >= 11 is 0. The molecule has 0 radical (unpaired) electrons. The number of imidazole rings is 1. The lowest BCUT2D eigenvalue weighted by molar-refractivity contribution is 0.281. The van der Waals surface area contributed by atoms with E-state index in [2.05, 4.69) is 24.9 Å². The van der Waals surface area contributed by atoms with Crippen molar-refractivity contribution in [2.75, 3.05) is 31.2 Å². The summed E-state index contributed by atoms with van der Waals surface area (Å²) in [5.41, 5.74) is 2.11. The van der Waals surface area contributed by atoms with E-state index < -0.39 is 0 Å². The second-order valence-electron chi connectivity index (χ2n) is 4.65. The fourth-order valence-corrected chi connectivity index (χ4v) is 2.26. The monoisotopic (exact) mass is 300 g/mol. The van der Waals surface area contributed by atoms with Gasteiger partial charge in [-0.2, -0.15) is 0 Å². The van der Waals surface area contributed by atoms with Gasteiger partial charge in [0.25, 0.3) is 0 Å². The highest BCUT2D eigenvalue weighted by molar-refractivity contribution is 5.85. The Bertz CT molecular complexity index is 739. The highest BCUT2D eigenvalue weighted by Gasteiger charge is 2.16. The van der Waals surface area contributed by atoms with Crippen molar-refractivity contribution >= 4 is 17.0 Å². The van der Waals surface area contributed by atoms with Crippen LogP contribution in [0.4, 0.5) is 5.82 Å². The third-order valence-electron chi connectivity index (χ3n) is 3.26. The van der Waals surface area contributed by atoms with Crippen molar-refractivity contribution in [3.63, 3.8) is 0 Å². The van der Waals surface area contributed by atoms with E-state index in [1.807, 2.05) is 12.1 Å². The summed E-state index contributed by atoms with van der Waals surface area (Å²) in [5.74, 6) is 1.26. The molecule has 0 saturated carbocycles. The molecule has 8 heteroatoms. The first-order valence-electron chi connectivity index (χ1n) is 6.91. The lowest BCUT2D eigenvalue weighted by Gasteiger charge is -2.21. The zero-order valence-corrected chi connectivity index (χ0v) is 11.8. The molecule has 0 amide bonds. The number of hydrogen-bond acceptors (Lipinski definition) is 7. The van der Waals surface area contributed by atoms with Crippen molar-refractivity contribution in [1.82, 2.24) is 24.9 Å². The van der Waals surface area contributed by atoms with Crippen molar-refractivity contribution in [3.8, 4) is 11.4 Å². The van der Waals surface area contributed by atoms with Gasteiger partial charge in [0.1, 0.15) is 12.2 Å². The number of anilines is 1. The van der Waals surface area contributed by atoms with E-state index in [1.165, 1.54) is 6.33 Å². The molecule has 0 unspecified atom stereocenters. The fraction of sp³-hybridized carbons (Fsp3) is 0.286. The number of nitrogens with zero attached hydrogens (tertiary/aromatic N) is 5. The minimum Gasteiger partial charge on any atom is -0.395 e. The van der Waals surface area contributed by atoms with Crippen LogP contribution < -0.4 is 4.90 Å². The zero-order chi connectivity index (χ0) is 15.4. The molecule has 22 heavy (non-hydrogen) atoms. The number of hydrogen-bond donors (Lipinski definition) is 3. The summed E-state index contributed by atoms with van der Waals surface area (Å²) in [4.78, 5) is 21.9. The molecule has 0 saturated heterocycles. The smallest absolute Gasteiger partial charge is 0.163 e. The van der Waals surface area contributed by atoms with Crippen LogP contribution in [0, 0.1) is 0 Å². The fourth-order valence-electron chi connectivity index (χ4n) is 2.26. The number of rotatable bonds is 6. The Morgan fingerprint density at radius 2 is 1.77 bits per heavy atom. The van der Waals surface area contributed by atoms with Crippen LogP contribution in [0.5, 0.6) is 0 Å². The molecular weight excluding hydrogens is 284 g/mol. The van der Waals surface area contributed by atoms with Crippen molar-refractivity contribution < 1.29 is 10.2 Å². The van der Waals surface area contributed by atoms with Crippen LogP contribution in [0.1, 0.15) is 0 Å². The SMILES string of the molecule is OCCN(CCO)c1ncnc2[nH]c(-c3ccncc3)nc12. The van der Waals surface area contributed by atoms with Crippen molar-refractivity contribution in [2.24, 2.45) is 0 Å². The quantitative estimate of drug-likeness (QED) is 0.596. The highest BCUT2D eigenvalue weighted by atomic mass is 16.3. The number of aliphatic hydroxyl groups excluding tert-OH is 2. The van der Waals surface area contributed by atoms with Crippen LogP contribution in [0.15, 0.2) is 30.9 Å². The number of aromatic amines is 1. The average molecular weight is 300 g/mol. The van der Waals surface area contributed by atoms with E-state index >= 15 is 0 Å². The molecular formula is C14H16N6O2. The Balaban J connectivity index is 2.06. The van der Waals surface area contributed by atoms with E-state index in [0.29, 0.717) is 35.9 Å². The topological polar surface area (TPSA) is 111 Å². The first-order valence-corrected chi connectivity index (χ1v) is 6.91. The van der Waals surface area contributed by atoms with Gasteiger partial charge in [-0.3, -0.25) is 4.98 Å². The van der Waals surface area contributed by atoms with Crippen molar-refractivity contribution in [1.29, 1.82) is 0 Å². The first-order chi connectivity index (χ1) is 10.8. The molecule has 0 spiro atoms. The number of H-pyrrole nitrogens is 1. The Labute approximate surface area is 126 Å². The third kappa shape index (κ3) is 2.74. The van der Waals surface area contributed by atoms with Gasteiger partial charge >= 0.3 is 0 Å². The highest BCUT2D eigenvalue weighted by Crippen LogP contribution is 2.24. The molecule has 0 aliphatic carbocycles. The largest absolute Gasteiger partial charge is 0.395 e. The standard InChI is InChI=1S/C14H16N6O2/c21-7-5-20(6-8-22)14-11-13(16-9-17-14)19-12(18-11)10-1-3-15-4-2-10/h1-4,9,21-22H,5-8H2,(H,16,17,18,19). The Morgan fingerprint density at radius 1 is 1.05 bits per heavy atom. The molecule has 3 N–H and O–H groups in total. The van der Waals surface area contributed by atoms with Gasteiger partial charge in [-0.05, 0) is 12.1 Å². The normalized spacial score (nSPS) is 11.0. The van der Waals surface area contributed by atoms with Gasteiger partial charge in [0.15, 0.2) is 17.0 Å². The maximum atomic E-state index is 9.18. The van der Waals surface area contributed by atoms with Crippen LogP contribution in [0.2, 0.25) is 0 Å². The minimum atomic E-state index is -0.0346. The van der Waals surface area contributed by atoms with E-state index in [-0.39, 0.29) is 13.2 Å². The van der Waals surface area contributed by atoms with Crippen molar-refractivity contribution in [2.45, 2.75) is 0 Å². The van der Waals surface area contributed by atoms with Gasteiger partial charge in [0.05, 0.1) is 13.2 Å². The molecule has 3 aromatic rings. The van der Waals surface area contributed by atoms with Crippen LogP contribution in [0.3, 0.4) is 0 Å². The minimum absolute atomic E-state index is 0.0346. The maximum absolute atomic E-state index is 9.18. The van der Waals surface area contributed by atoms with Gasteiger partial charge in [-0.1, -0.05) is 0 Å². The Hall–Kier alpha value is -2.58. The average Bonchev–Trinajstić information content (AvgIpc) is 2.99. The predicted octanol–water partition coefficient (Wildman–Crippen LogP) is 0.206. The molecule has 0 bridgehead atoms. The molecule has 114 valence electrons. The van der Waals surface area contributed by atoms with Crippen LogP contribution in [-0.2, 0) is 0 Å². The second kappa shape index (κ2) is 6.46. The molecule has 0 aromatic carbocycles. The predicted molar refractivity (Wildman–Crippen MR) is 81.3 cm³/mol. The number of nitrogens with one attached hydrogen (secondary N) is 1. The Kier molecular flexibility index (Phi) is 4.22. The van der Waals surface area contributed by atoms with Gasteiger partial charge in [-0.15, -0.1) is 0 Å². The summed E-state index contributed by atoms with van der Waals surface area (Å²) in [6.45, 7) is 0.661. The van der Waals surface area contributed by atoms with Gasteiger partial charge in [0, 0.05) is 31.0 Å².